The molecular formula is C5H10N2OS. The molecule has 0 spiro atoms. The van der Waals surface area contributed by atoms with Crippen molar-refractivity contribution in [1.82, 2.24) is 5.32 Å². The van der Waals surface area contributed by atoms with Crippen LogP contribution >= 0.6 is 11.8 Å². The molecule has 0 aromatic heterocycles. The first-order chi connectivity index (χ1) is 4.27. The third kappa shape index (κ3) is 1.59. The maximum absolute atomic E-state index is 8.21. The van der Waals surface area contributed by atoms with Crippen LogP contribution in [-0.2, 0) is 0 Å². The minimum atomic E-state index is -0.130. The number of hydrogen-bond acceptors (Lipinski definition) is 4. The quantitative estimate of drug-likeness (QED) is 0.321. The van der Waals surface area contributed by atoms with E-state index < -0.39 is 0 Å². The Balaban J connectivity index is 2.51. The zero-order valence-corrected chi connectivity index (χ0v) is 6.11. The van der Waals surface area contributed by atoms with E-state index in [9.17, 15) is 0 Å². The summed E-state index contributed by atoms with van der Waals surface area (Å²) in [4.78, 5) is -0.130. The van der Waals surface area contributed by atoms with Crippen molar-refractivity contribution in [2.45, 2.75) is 11.8 Å². The first-order valence-corrected chi connectivity index (χ1v) is 3.83. The van der Waals surface area contributed by atoms with Gasteiger partial charge in [0.25, 0.3) is 0 Å². The lowest BCUT2D eigenvalue weighted by atomic mass is 10.4. The SMILES string of the molecule is CC1(/C=N/O)NCCS1. The molecule has 0 saturated carbocycles. The molecule has 0 radical (unpaired) electrons. The maximum Gasteiger partial charge on any atom is 0.101 e. The molecule has 1 fully saturated rings. The van der Waals surface area contributed by atoms with Crippen LogP contribution in [-0.4, -0.2) is 28.6 Å². The summed E-state index contributed by atoms with van der Waals surface area (Å²) in [5.41, 5.74) is 0. The van der Waals surface area contributed by atoms with Crippen molar-refractivity contribution in [2.24, 2.45) is 5.16 Å². The Morgan fingerprint density at radius 1 is 1.89 bits per heavy atom. The average Bonchev–Trinajstić information content (AvgIpc) is 2.16. The Kier molecular flexibility index (Phi) is 1.97. The normalized spacial score (nSPS) is 36.1. The average molecular weight is 146 g/mol. The molecule has 1 aliphatic heterocycles. The highest BCUT2D eigenvalue weighted by molar-refractivity contribution is 8.01. The molecule has 0 aromatic carbocycles. The van der Waals surface area contributed by atoms with Gasteiger partial charge in [0.2, 0.25) is 0 Å². The summed E-state index contributed by atoms with van der Waals surface area (Å²) in [5, 5.41) is 14.4. The van der Waals surface area contributed by atoms with Crippen molar-refractivity contribution >= 4 is 18.0 Å². The second-order valence-corrected chi connectivity index (χ2v) is 3.67. The number of thioether (sulfide) groups is 1. The first kappa shape index (κ1) is 6.89. The lowest BCUT2D eigenvalue weighted by Crippen LogP contribution is -2.35. The Bertz CT molecular complexity index is 120. The zero-order valence-electron chi connectivity index (χ0n) is 5.29. The third-order valence-electron chi connectivity index (χ3n) is 1.28. The highest BCUT2D eigenvalue weighted by Crippen LogP contribution is 2.23. The summed E-state index contributed by atoms with van der Waals surface area (Å²) in [6.45, 7) is 2.98. The van der Waals surface area contributed by atoms with Crippen LogP contribution in [0.5, 0.6) is 0 Å². The lowest BCUT2D eigenvalue weighted by molar-refractivity contribution is 0.318. The van der Waals surface area contributed by atoms with Crippen LogP contribution in [0.2, 0.25) is 0 Å². The summed E-state index contributed by atoms with van der Waals surface area (Å²) >= 11 is 1.75. The highest BCUT2D eigenvalue weighted by atomic mass is 32.2. The summed E-state index contributed by atoms with van der Waals surface area (Å²) < 4.78 is 0. The Hall–Kier alpha value is -0.220. The Morgan fingerprint density at radius 3 is 3.11 bits per heavy atom. The van der Waals surface area contributed by atoms with E-state index in [1.807, 2.05) is 6.92 Å². The van der Waals surface area contributed by atoms with Crippen LogP contribution in [0.4, 0.5) is 0 Å². The second-order valence-electron chi connectivity index (χ2n) is 2.13. The van der Waals surface area contributed by atoms with Gasteiger partial charge in [-0.15, -0.1) is 11.8 Å². The number of oxime groups is 1. The van der Waals surface area contributed by atoms with E-state index >= 15 is 0 Å². The molecule has 0 aliphatic carbocycles. The number of rotatable bonds is 1. The first-order valence-electron chi connectivity index (χ1n) is 2.84. The molecule has 1 atom stereocenters. The van der Waals surface area contributed by atoms with Crippen LogP contribution in [0.1, 0.15) is 6.92 Å². The minimum Gasteiger partial charge on any atom is -0.411 e. The molecule has 1 heterocycles. The van der Waals surface area contributed by atoms with Crippen molar-refractivity contribution < 1.29 is 5.21 Å². The van der Waals surface area contributed by atoms with Gasteiger partial charge in [-0.2, -0.15) is 0 Å². The van der Waals surface area contributed by atoms with E-state index in [-0.39, 0.29) is 4.87 Å². The molecule has 0 aromatic rings. The van der Waals surface area contributed by atoms with Gasteiger partial charge in [-0.3, -0.25) is 5.32 Å². The number of nitrogens with zero attached hydrogens (tertiary/aromatic N) is 1. The van der Waals surface area contributed by atoms with E-state index in [4.69, 9.17) is 5.21 Å². The summed E-state index contributed by atoms with van der Waals surface area (Å²) in [5.74, 6) is 1.09. The molecule has 1 unspecified atom stereocenters. The molecule has 0 amide bonds. The summed E-state index contributed by atoms with van der Waals surface area (Å²) in [7, 11) is 0. The van der Waals surface area contributed by atoms with E-state index in [1.54, 1.807) is 11.8 Å². The minimum absolute atomic E-state index is 0.130. The van der Waals surface area contributed by atoms with Gasteiger partial charge in [0, 0.05) is 12.3 Å². The van der Waals surface area contributed by atoms with Gasteiger partial charge in [-0.1, -0.05) is 5.16 Å². The molecule has 3 nitrogen and oxygen atoms in total. The summed E-state index contributed by atoms with van der Waals surface area (Å²) in [6, 6.07) is 0. The van der Waals surface area contributed by atoms with Gasteiger partial charge in [-0.25, -0.2) is 0 Å². The van der Waals surface area contributed by atoms with Gasteiger partial charge in [0.15, 0.2) is 0 Å². The molecular weight excluding hydrogens is 136 g/mol. The topological polar surface area (TPSA) is 44.6 Å². The number of nitrogens with one attached hydrogen (secondary N) is 1. The zero-order chi connectivity index (χ0) is 6.74. The standard InChI is InChI=1S/C5H10N2OS/c1-5(4-7-8)6-2-3-9-5/h4,6,8H,2-3H2,1H3/b7-4+. The van der Waals surface area contributed by atoms with Gasteiger partial charge < -0.3 is 5.21 Å². The maximum atomic E-state index is 8.21. The van der Waals surface area contributed by atoms with Gasteiger partial charge in [-0.05, 0) is 6.92 Å². The van der Waals surface area contributed by atoms with Crippen molar-refractivity contribution in [1.29, 1.82) is 0 Å². The van der Waals surface area contributed by atoms with Gasteiger partial charge in [0.1, 0.15) is 4.87 Å². The largest absolute Gasteiger partial charge is 0.411 e. The van der Waals surface area contributed by atoms with Crippen molar-refractivity contribution in [3.05, 3.63) is 0 Å². The predicted molar refractivity (Wildman–Crippen MR) is 39.1 cm³/mol. The monoisotopic (exact) mass is 146 g/mol. The van der Waals surface area contributed by atoms with E-state index in [2.05, 4.69) is 10.5 Å². The van der Waals surface area contributed by atoms with Crippen molar-refractivity contribution in [3.8, 4) is 0 Å². The molecule has 4 heteroatoms. The summed E-state index contributed by atoms with van der Waals surface area (Å²) in [6.07, 6.45) is 1.52. The van der Waals surface area contributed by atoms with Crippen LogP contribution in [0, 0.1) is 0 Å². The molecule has 1 saturated heterocycles. The van der Waals surface area contributed by atoms with Crippen molar-refractivity contribution in [2.75, 3.05) is 12.3 Å². The van der Waals surface area contributed by atoms with Crippen LogP contribution in [0.3, 0.4) is 0 Å². The molecule has 1 rings (SSSR count). The van der Waals surface area contributed by atoms with Crippen molar-refractivity contribution in [3.63, 3.8) is 0 Å². The van der Waals surface area contributed by atoms with E-state index in [0.717, 1.165) is 12.3 Å². The Morgan fingerprint density at radius 2 is 2.67 bits per heavy atom. The molecule has 1 aliphatic rings. The predicted octanol–water partition coefficient (Wildman–Crippen LogP) is 0.499. The lowest BCUT2D eigenvalue weighted by Gasteiger charge is -2.15. The van der Waals surface area contributed by atoms with Crippen LogP contribution in [0.25, 0.3) is 0 Å². The van der Waals surface area contributed by atoms with Gasteiger partial charge >= 0.3 is 0 Å². The fourth-order valence-corrected chi connectivity index (χ4v) is 1.76. The second kappa shape index (κ2) is 2.58. The fourth-order valence-electron chi connectivity index (χ4n) is 0.806. The van der Waals surface area contributed by atoms with E-state index in [1.165, 1.54) is 6.21 Å². The smallest absolute Gasteiger partial charge is 0.101 e. The van der Waals surface area contributed by atoms with Gasteiger partial charge in [0.05, 0.1) is 6.21 Å². The third-order valence-corrected chi connectivity index (χ3v) is 2.54. The fraction of sp³-hybridized carbons (Fsp3) is 0.800. The van der Waals surface area contributed by atoms with E-state index in [0.29, 0.717) is 0 Å². The van der Waals surface area contributed by atoms with Crippen LogP contribution in [0.15, 0.2) is 5.16 Å². The highest BCUT2D eigenvalue weighted by Gasteiger charge is 2.26. The van der Waals surface area contributed by atoms with Crippen LogP contribution < -0.4 is 5.32 Å². The Labute approximate surface area is 58.5 Å². The molecule has 9 heavy (non-hydrogen) atoms. The molecule has 0 bridgehead atoms. The molecule has 2 N–H and O–H groups in total. The number of hydrogen-bond donors (Lipinski definition) is 2. The molecule has 52 valence electrons.